The van der Waals surface area contributed by atoms with Gasteiger partial charge >= 0.3 is 0 Å². The number of nitrogens with two attached hydrogens (primary N) is 1. The summed E-state index contributed by atoms with van der Waals surface area (Å²) >= 11 is 0. The number of aliphatic hydroxyl groups excluding tert-OH is 1. The van der Waals surface area contributed by atoms with Crippen molar-refractivity contribution in [2.45, 2.75) is 12.1 Å². The quantitative estimate of drug-likeness (QED) is 0.778. The molecule has 2 unspecified atom stereocenters. The first-order valence-corrected chi connectivity index (χ1v) is 5.50. The van der Waals surface area contributed by atoms with E-state index in [-0.39, 0.29) is 0 Å². The Hall–Kier alpha value is -2.34. The topological polar surface area (TPSA) is 95.7 Å². The van der Waals surface area contributed by atoms with Crippen LogP contribution < -0.4 is 5.73 Å². The van der Waals surface area contributed by atoms with Crippen LogP contribution in [0.25, 0.3) is 0 Å². The fraction of sp³-hybridized carbons (Fsp3) is 0.167. The van der Waals surface area contributed by atoms with Crippen LogP contribution in [0, 0.1) is 0 Å². The molecule has 0 aromatic heterocycles. The van der Waals surface area contributed by atoms with Crippen molar-refractivity contribution in [2.75, 3.05) is 0 Å². The molecule has 0 fully saturated rings. The molecule has 2 heterocycles. The molecule has 3 N–H and O–H groups in total. The third-order valence-corrected chi connectivity index (χ3v) is 2.77. The molecule has 0 radical (unpaired) electrons. The molecule has 1 aromatic carbocycles. The summed E-state index contributed by atoms with van der Waals surface area (Å²) in [6.07, 6.45) is 0.477. The van der Waals surface area contributed by atoms with E-state index in [1.807, 2.05) is 30.3 Å². The van der Waals surface area contributed by atoms with Crippen molar-refractivity contribution in [3.63, 3.8) is 0 Å². The SMILES string of the molecule is NC1=NC=NC2=NC(C(O)c3ccccc3)=NC12. The summed E-state index contributed by atoms with van der Waals surface area (Å²) in [7, 11) is 0. The molecule has 6 nitrogen and oxygen atoms in total. The molecule has 2 atom stereocenters. The Kier molecular flexibility index (Phi) is 2.49. The van der Waals surface area contributed by atoms with Crippen molar-refractivity contribution in [1.82, 2.24) is 0 Å². The van der Waals surface area contributed by atoms with E-state index in [1.54, 1.807) is 0 Å². The van der Waals surface area contributed by atoms with E-state index < -0.39 is 12.1 Å². The van der Waals surface area contributed by atoms with E-state index in [0.717, 1.165) is 5.56 Å². The number of amidine groups is 3. The van der Waals surface area contributed by atoms with E-state index >= 15 is 0 Å². The molecule has 0 saturated heterocycles. The molecule has 3 rings (SSSR count). The average Bonchev–Trinajstić information content (AvgIpc) is 2.84. The lowest BCUT2D eigenvalue weighted by atomic mass is 10.1. The third kappa shape index (κ3) is 1.72. The lowest BCUT2D eigenvalue weighted by Gasteiger charge is -2.09. The summed E-state index contributed by atoms with van der Waals surface area (Å²) in [6, 6.07) is 8.76. The van der Waals surface area contributed by atoms with Gasteiger partial charge in [-0.2, -0.15) is 0 Å². The molecular formula is C12H11N5O. The Morgan fingerprint density at radius 3 is 2.72 bits per heavy atom. The minimum absolute atomic E-state index is 0.318. The highest BCUT2D eigenvalue weighted by molar-refractivity contribution is 6.22. The fourth-order valence-corrected chi connectivity index (χ4v) is 1.84. The van der Waals surface area contributed by atoms with Gasteiger partial charge in [0.1, 0.15) is 18.3 Å². The van der Waals surface area contributed by atoms with E-state index in [1.165, 1.54) is 6.34 Å². The van der Waals surface area contributed by atoms with Crippen molar-refractivity contribution in [2.24, 2.45) is 25.7 Å². The van der Waals surface area contributed by atoms with Crippen molar-refractivity contribution in [3.8, 4) is 0 Å². The normalized spacial score (nSPS) is 22.9. The highest BCUT2D eigenvalue weighted by atomic mass is 16.3. The van der Waals surface area contributed by atoms with E-state index in [9.17, 15) is 5.11 Å². The Balaban J connectivity index is 1.92. The number of nitrogens with zero attached hydrogens (tertiary/aromatic N) is 4. The monoisotopic (exact) mass is 241 g/mol. The number of rotatable bonds is 2. The molecule has 2 aliphatic rings. The maximum atomic E-state index is 10.2. The van der Waals surface area contributed by atoms with Crippen molar-refractivity contribution in [3.05, 3.63) is 35.9 Å². The Labute approximate surface area is 103 Å². The van der Waals surface area contributed by atoms with Crippen molar-refractivity contribution in [1.29, 1.82) is 0 Å². The number of benzene rings is 1. The Bertz CT molecular complexity index is 588. The summed E-state index contributed by atoms with van der Waals surface area (Å²) in [6.45, 7) is 0. The number of aliphatic imine (C=N–C) groups is 4. The van der Waals surface area contributed by atoms with E-state index in [4.69, 9.17) is 5.73 Å². The van der Waals surface area contributed by atoms with E-state index in [2.05, 4.69) is 20.0 Å². The van der Waals surface area contributed by atoms with Crippen molar-refractivity contribution >= 4 is 23.8 Å². The Morgan fingerprint density at radius 1 is 1.22 bits per heavy atom. The Morgan fingerprint density at radius 2 is 2.00 bits per heavy atom. The van der Waals surface area contributed by atoms with Gasteiger partial charge in [0, 0.05) is 0 Å². The highest BCUT2D eigenvalue weighted by Gasteiger charge is 2.30. The highest BCUT2D eigenvalue weighted by Crippen LogP contribution is 2.21. The molecule has 1 aromatic rings. The molecule has 2 aliphatic heterocycles. The predicted octanol–water partition coefficient (Wildman–Crippen LogP) is 0.298. The minimum atomic E-state index is -0.868. The summed E-state index contributed by atoms with van der Waals surface area (Å²) in [5.74, 6) is 1.14. The number of fused-ring (bicyclic) bond motifs is 1. The van der Waals surface area contributed by atoms with Crippen LogP contribution in [0.5, 0.6) is 0 Å². The smallest absolute Gasteiger partial charge is 0.169 e. The van der Waals surface area contributed by atoms with Gasteiger partial charge in [-0.25, -0.2) is 20.0 Å². The van der Waals surface area contributed by atoms with Gasteiger partial charge in [-0.3, -0.25) is 0 Å². The van der Waals surface area contributed by atoms with Crippen LogP contribution in [-0.4, -0.2) is 35.0 Å². The lowest BCUT2D eigenvalue weighted by molar-refractivity contribution is 0.246. The van der Waals surface area contributed by atoms with Crippen LogP contribution in [0.3, 0.4) is 0 Å². The lowest BCUT2D eigenvalue weighted by Crippen LogP contribution is -2.34. The first kappa shape index (κ1) is 10.8. The zero-order valence-electron chi connectivity index (χ0n) is 9.43. The average molecular weight is 241 g/mol. The maximum absolute atomic E-state index is 10.2. The molecule has 0 spiro atoms. The summed E-state index contributed by atoms with van der Waals surface area (Å²) in [4.78, 5) is 16.3. The van der Waals surface area contributed by atoms with Crippen LogP contribution in [0.1, 0.15) is 11.7 Å². The number of aliphatic hydroxyl groups is 1. The molecule has 0 saturated carbocycles. The van der Waals surface area contributed by atoms with Crippen LogP contribution in [0.15, 0.2) is 50.3 Å². The van der Waals surface area contributed by atoms with Gasteiger partial charge in [0.2, 0.25) is 0 Å². The van der Waals surface area contributed by atoms with Gasteiger partial charge in [0.05, 0.1) is 0 Å². The maximum Gasteiger partial charge on any atom is 0.169 e. The van der Waals surface area contributed by atoms with Crippen LogP contribution in [0.2, 0.25) is 0 Å². The molecule has 0 amide bonds. The fourth-order valence-electron chi connectivity index (χ4n) is 1.84. The van der Waals surface area contributed by atoms with Gasteiger partial charge in [-0.05, 0) is 5.56 Å². The molecule has 90 valence electrons. The first-order chi connectivity index (χ1) is 8.75. The second-order valence-corrected chi connectivity index (χ2v) is 3.97. The van der Waals surface area contributed by atoms with E-state index in [0.29, 0.717) is 17.5 Å². The predicted molar refractivity (Wildman–Crippen MR) is 70.2 cm³/mol. The van der Waals surface area contributed by atoms with Crippen LogP contribution in [-0.2, 0) is 0 Å². The number of hydrogen-bond donors (Lipinski definition) is 2. The molecule has 0 bridgehead atoms. The van der Waals surface area contributed by atoms with Gasteiger partial charge in [-0.1, -0.05) is 30.3 Å². The largest absolute Gasteiger partial charge is 0.385 e. The summed E-state index contributed by atoms with van der Waals surface area (Å²) < 4.78 is 0. The van der Waals surface area contributed by atoms with Crippen LogP contribution in [0.4, 0.5) is 0 Å². The second-order valence-electron chi connectivity index (χ2n) is 3.97. The molecule has 0 aliphatic carbocycles. The zero-order chi connectivity index (χ0) is 12.5. The van der Waals surface area contributed by atoms with Crippen molar-refractivity contribution < 1.29 is 5.11 Å². The summed E-state index contributed by atoms with van der Waals surface area (Å²) in [5.41, 5.74) is 6.45. The van der Waals surface area contributed by atoms with Gasteiger partial charge in [-0.15, -0.1) is 0 Å². The van der Waals surface area contributed by atoms with Gasteiger partial charge < -0.3 is 10.8 Å². The summed E-state index contributed by atoms with van der Waals surface area (Å²) in [5, 5.41) is 10.2. The zero-order valence-corrected chi connectivity index (χ0v) is 9.43. The second kappa shape index (κ2) is 4.15. The molecule has 6 heteroatoms. The van der Waals surface area contributed by atoms with Gasteiger partial charge in [0.25, 0.3) is 0 Å². The molecule has 18 heavy (non-hydrogen) atoms. The standard InChI is InChI=1S/C12H11N5O/c13-10-8-11(15-6-14-10)17-12(16-8)9(18)7-4-2-1-3-5-7/h1-6,8-9,18H,(H2,13,14,15,16,17). The number of hydrogen-bond acceptors (Lipinski definition) is 6. The first-order valence-electron chi connectivity index (χ1n) is 5.50. The minimum Gasteiger partial charge on any atom is -0.385 e. The molecular weight excluding hydrogens is 230 g/mol. The van der Waals surface area contributed by atoms with Gasteiger partial charge in [0.15, 0.2) is 17.7 Å². The third-order valence-electron chi connectivity index (χ3n) is 2.77. The van der Waals surface area contributed by atoms with Crippen LogP contribution >= 0.6 is 0 Å².